The lowest BCUT2D eigenvalue weighted by Crippen LogP contribution is -2.40. The van der Waals surface area contributed by atoms with Crippen LogP contribution >= 0.6 is 11.6 Å². The molecule has 21 heavy (non-hydrogen) atoms. The quantitative estimate of drug-likeness (QED) is 0.825. The van der Waals surface area contributed by atoms with Crippen LogP contribution in [0.5, 0.6) is 0 Å². The fourth-order valence-corrected chi connectivity index (χ4v) is 4.47. The van der Waals surface area contributed by atoms with E-state index in [1.807, 2.05) is 0 Å². The molecule has 1 atom stereocenters. The van der Waals surface area contributed by atoms with E-state index in [2.05, 4.69) is 0 Å². The Bertz CT molecular complexity index is 629. The average Bonchev–Trinajstić information content (AvgIpc) is 2.42. The normalized spacial score (nSPS) is 19.6. The van der Waals surface area contributed by atoms with Crippen LogP contribution in [-0.4, -0.2) is 37.0 Å². The van der Waals surface area contributed by atoms with Gasteiger partial charge in [-0.2, -0.15) is 4.31 Å². The van der Waals surface area contributed by atoms with E-state index in [9.17, 15) is 17.9 Å². The lowest BCUT2D eigenvalue weighted by atomic mass is 9.93. The molecule has 0 aliphatic carbocycles. The van der Waals surface area contributed by atoms with Gasteiger partial charge in [0.25, 0.3) is 0 Å². The molecule has 3 N–H and O–H groups in total. The summed E-state index contributed by atoms with van der Waals surface area (Å²) in [5, 5.41) is 9.37. The van der Waals surface area contributed by atoms with Gasteiger partial charge in [0.2, 0.25) is 10.0 Å². The zero-order chi connectivity index (χ0) is 15.8. The van der Waals surface area contributed by atoms with Crippen molar-refractivity contribution in [3.63, 3.8) is 0 Å². The van der Waals surface area contributed by atoms with Gasteiger partial charge < -0.3 is 10.8 Å². The van der Waals surface area contributed by atoms with Crippen LogP contribution in [0.2, 0.25) is 5.02 Å². The molecule has 1 unspecified atom stereocenters. The summed E-state index contributed by atoms with van der Waals surface area (Å²) in [5.41, 5.74) is 5.17. The number of benzene rings is 1. The van der Waals surface area contributed by atoms with Crippen molar-refractivity contribution in [2.24, 2.45) is 5.92 Å². The number of hydrogen-bond acceptors (Lipinski definition) is 4. The molecule has 0 saturated carbocycles. The Morgan fingerprint density at radius 2 is 2.00 bits per heavy atom. The van der Waals surface area contributed by atoms with E-state index in [0.29, 0.717) is 25.9 Å². The van der Waals surface area contributed by atoms with Crippen LogP contribution in [0.1, 0.15) is 19.8 Å². The summed E-state index contributed by atoms with van der Waals surface area (Å²) in [5.74, 6) is -0.656. The van der Waals surface area contributed by atoms with E-state index in [4.69, 9.17) is 17.3 Å². The van der Waals surface area contributed by atoms with Crippen LogP contribution in [0.25, 0.3) is 0 Å². The highest BCUT2D eigenvalue weighted by Gasteiger charge is 2.32. The van der Waals surface area contributed by atoms with E-state index in [-0.39, 0.29) is 21.5 Å². The fraction of sp³-hybridized carbons (Fsp3) is 0.538. The van der Waals surface area contributed by atoms with Crippen LogP contribution in [0.4, 0.5) is 10.1 Å². The molecule has 1 aromatic carbocycles. The molecule has 1 aliphatic rings. The van der Waals surface area contributed by atoms with Crippen molar-refractivity contribution in [3.05, 3.63) is 23.0 Å². The van der Waals surface area contributed by atoms with Gasteiger partial charge in [-0.3, -0.25) is 0 Å². The van der Waals surface area contributed by atoms with E-state index in [1.54, 1.807) is 6.92 Å². The van der Waals surface area contributed by atoms with Crippen molar-refractivity contribution in [2.75, 3.05) is 18.8 Å². The first kappa shape index (κ1) is 16.5. The molecule has 1 aliphatic heterocycles. The van der Waals surface area contributed by atoms with E-state index in [1.165, 1.54) is 4.31 Å². The molecule has 1 aromatic rings. The topological polar surface area (TPSA) is 83.6 Å². The minimum absolute atomic E-state index is 0.0882. The predicted octanol–water partition coefficient (Wildman–Crippen LogP) is 1.84. The minimum atomic E-state index is -3.81. The molecule has 1 saturated heterocycles. The molecule has 0 aromatic heterocycles. The van der Waals surface area contributed by atoms with E-state index < -0.39 is 21.9 Å². The summed E-state index contributed by atoms with van der Waals surface area (Å²) in [6.45, 7) is 2.30. The van der Waals surface area contributed by atoms with Crippen molar-refractivity contribution < 1.29 is 17.9 Å². The smallest absolute Gasteiger partial charge is 0.244 e. The van der Waals surface area contributed by atoms with Crippen molar-refractivity contribution >= 4 is 27.3 Å². The number of halogens is 2. The summed E-state index contributed by atoms with van der Waals surface area (Å²) in [7, 11) is -3.81. The van der Waals surface area contributed by atoms with Gasteiger partial charge in [-0.05, 0) is 37.8 Å². The van der Waals surface area contributed by atoms with Crippen molar-refractivity contribution in [1.29, 1.82) is 0 Å². The van der Waals surface area contributed by atoms with Gasteiger partial charge in [0, 0.05) is 13.1 Å². The van der Waals surface area contributed by atoms with Gasteiger partial charge in [0.15, 0.2) is 0 Å². The maximum atomic E-state index is 13.3. The second kappa shape index (κ2) is 6.08. The number of nitrogens with zero attached hydrogens (tertiary/aromatic N) is 1. The molecule has 5 nitrogen and oxygen atoms in total. The Morgan fingerprint density at radius 3 is 2.52 bits per heavy atom. The second-order valence-electron chi connectivity index (χ2n) is 5.29. The van der Waals surface area contributed by atoms with Gasteiger partial charge in [0.05, 0.1) is 16.8 Å². The Morgan fingerprint density at radius 1 is 1.43 bits per heavy atom. The third kappa shape index (κ3) is 3.31. The Hall–Kier alpha value is -0.890. The van der Waals surface area contributed by atoms with Crippen LogP contribution in [0, 0.1) is 11.7 Å². The molecule has 0 spiro atoms. The molecule has 118 valence electrons. The Balaban J connectivity index is 2.26. The minimum Gasteiger partial charge on any atom is -0.396 e. The van der Waals surface area contributed by atoms with Crippen molar-refractivity contribution in [2.45, 2.75) is 30.8 Å². The van der Waals surface area contributed by atoms with Crippen LogP contribution < -0.4 is 5.73 Å². The molecular weight excluding hydrogens is 319 g/mol. The number of hydrogen-bond donors (Lipinski definition) is 2. The molecule has 1 heterocycles. The predicted molar refractivity (Wildman–Crippen MR) is 79.0 cm³/mol. The zero-order valence-electron chi connectivity index (χ0n) is 11.6. The molecule has 8 heteroatoms. The lowest BCUT2D eigenvalue weighted by Gasteiger charge is -2.32. The number of rotatable bonds is 3. The molecule has 0 amide bonds. The highest BCUT2D eigenvalue weighted by atomic mass is 35.5. The van der Waals surface area contributed by atoms with E-state index in [0.717, 1.165) is 12.1 Å². The van der Waals surface area contributed by atoms with Gasteiger partial charge in [0.1, 0.15) is 10.7 Å². The SMILES string of the molecule is CC(O)C1CCN(S(=O)(=O)c2cc(N)c(F)cc2Cl)CC1. The highest BCUT2D eigenvalue weighted by Crippen LogP contribution is 2.31. The third-order valence-corrected chi connectivity index (χ3v) is 6.21. The van der Waals surface area contributed by atoms with Gasteiger partial charge in [-0.25, -0.2) is 12.8 Å². The average molecular weight is 337 g/mol. The molecular formula is C13H18ClFN2O3S. The van der Waals surface area contributed by atoms with Gasteiger partial charge in [-0.1, -0.05) is 11.6 Å². The number of aliphatic hydroxyl groups excluding tert-OH is 1. The molecule has 0 bridgehead atoms. The number of anilines is 1. The maximum absolute atomic E-state index is 13.3. The molecule has 1 fully saturated rings. The summed E-state index contributed by atoms with van der Waals surface area (Å²) >= 11 is 5.84. The largest absolute Gasteiger partial charge is 0.396 e. The summed E-state index contributed by atoms with van der Waals surface area (Å²) in [6, 6.07) is 1.96. The first-order valence-corrected chi connectivity index (χ1v) is 8.48. The summed E-state index contributed by atoms with van der Waals surface area (Å²) in [6.07, 6.45) is 0.691. The van der Waals surface area contributed by atoms with Crippen molar-refractivity contribution in [3.8, 4) is 0 Å². The first-order valence-electron chi connectivity index (χ1n) is 6.66. The molecule has 2 rings (SSSR count). The second-order valence-corrected chi connectivity index (χ2v) is 7.60. The van der Waals surface area contributed by atoms with Gasteiger partial charge >= 0.3 is 0 Å². The third-order valence-electron chi connectivity index (χ3n) is 3.85. The molecule has 0 radical (unpaired) electrons. The number of sulfonamides is 1. The van der Waals surface area contributed by atoms with Crippen molar-refractivity contribution in [1.82, 2.24) is 4.31 Å². The summed E-state index contributed by atoms with van der Waals surface area (Å²) < 4.78 is 39.7. The Labute approximate surface area is 128 Å². The van der Waals surface area contributed by atoms with E-state index >= 15 is 0 Å². The van der Waals surface area contributed by atoms with Gasteiger partial charge in [-0.15, -0.1) is 0 Å². The maximum Gasteiger partial charge on any atom is 0.244 e. The number of nitrogens with two attached hydrogens (primary N) is 1. The summed E-state index contributed by atoms with van der Waals surface area (Å²) in [4.78, 5) is -0.182. The number of aliphatic hydroxyl groups is 1. The standard InChI is InChI=1S/C13H18ClFN2O3S/c1-8(18)9-2-4-17(5-3-9)21(19,20)13-7-12(16)11(15)6-10(13)14/h6-9,18H,2-5,16H2,1H3. The lowest BCUT2D eigenvalue weighted by molar-refractivity contribution is 0.0912. The highest BCUT2D eigenvalue weighted by molar-refractivity contribution is 7.89. The van der Waals surface area contributed by atoms with Crippen LogP contribution in [0.3, 0.4) is 0 Å². The van der Waals surface area contributed by atoms with Crippen LogP contribution in [0.15, 0.2) is 17.0 Å². The number of nitrogen functional groups attached to an aromatic ring is 1. The zero-order valence-corrected chi connectivity index (χ0v) is 13.2. The number of piperidine rings is 1. The Kier molecular flexibility index (Phi) is 4.77. The monoisotopic (exact) mass is 336 g/mol. The fourth-order valence-electron chi connectivity index (χ4n) is 2.48. The van der Waals surface area contributed by atoms with Crippen LogP contribution in [-0.2, 0) is 10.0 Å². The first-order chi connectivity index (χ1) is 9.73.